The predicted molar refractivity (Wildman–Crippen MR) is 77.8 cm³/mol. The van der Waals surface area contributed by atoms with Crippen molar-refractivity contribution in [1.29, 1.82) is 0 Å². The van der Waals surface area contributed by atoms with Gasteiger partial charge in [-0.1, -0.05) is 11.8 Å². The Morgan fingerprint density at radius 1 is 1.40 bits per heavy atom. The van der Waals surface area contributed by atoms with Gasteiger partial charge in [0.05, 0.1) is 19.2 Å². The number of hydrogen-bond donors (Lipinski definition) is 2. The van der Waals surface area contributed by atoms with E-state index in [1.54, 1.807) is 32.4 Å². The Balaban J connectivity index is 2.77. The minimum atomic E-state index is -0.139. The van der Waals surface area contributed by atoms with Gasteiger partial charge in [0.15, 0.2) is 0 Å². The molecule has 0 aliphatic heterocycles. The maximum absolute atomic E-state index is 12.0. The van der Waals surface area contributed by atoms with E-state index < -0.39 is 0 Å². The summed E-state index contributed by atoms with van der Waals surface area (Å²) in [4.78, 5) is 12.0. The maximum Gasteiger partial charge on any atom is 0.251 e. The molecule has 0 saturated heterocycles. The van der Waals surface area contributed by atoms with Crippen LogP contribution < -0.4 is 15.8 Å². The SMILES string of the molecule is COCCCNC(=O)c1ccc(OC)c(C#CCN)c1. The molecule has 0 aromatic heterocycles. The fourth-order valence-corrected chi connectivity index (χ4v) is 1.61. The summed E-state index contributed by atoms with van der Waals surface area (Å²) in [5.41, 5.74) is 6.56. The van der Waals surface area contributed by atoms with Crippen LogP contribution in [0.15, 0.2) is 18.2 Å². The number of ether oxygens (including phenoxy) is 2. The normalized spacial score (nSPS) is 9.55. The Kier molecular flexibility index (Phi) is 7.18. The number of benzene rings is 1. The largest absolute Gasteiger partial charge is 0.495 e. The minimum Gasteiger partial charge on any atom is -0.495 e. The van der Waals surface area contributed by atoms with Crippen LogP contribution in [0.4, 0.5) is 0 Å². The fourth-order valence-electron chi connectivity index (χ4n) is 1.61. The first-order valence-corrected chi connectivity index (χ1v) is 6.37. The van der Waals surface area contributed by atoms with Gasteiger partial charge in [0.2, 0.25) is 0 Å². The molecule has 108 valence electrons. The highest BCUT2D eigenvalue weighted by atomic mass is 16.5. The highest BCUT2D eigenvalue weighted by molar-refractivity contribution is 5.94. The lowest BCUT2D eigenvalue weighted by Crippen LogP contribution is -2.25. The van der Waals surface area contributed by atoms with Crippen molar-refractivity contribution in [3.05, 3.63) is 29.3 Å². The van der Waals surface area contributed by atoms with E-state index in [2.05, 4.69) is 17.2 Å². The van der Waals surface area contributed by atoms with Gasteiger partial charge in [-0.25, -0.2) is 0 Å². The average molecular weight is 276 g/mol. The second-order valence-corrected chi connectivity index (χ2v) is 4.02. The number of carbonyl (C=O) groups excluding carboxylic acids is 1. The molecular weight excluding hydrogens is 256 g/mol. The van der Waals surface area contributed by atoms with Gasteiger partial charge in [0.1, 0.15) is 5.75 Å². The summed E-state index contributed by atoms with van der Waals surface area (Å²) >= 11 is 0. The van der Waals surface area contributed by atoms with Crippen molar-refractivity contribution in [3.8, 4) is 17.6 Å². The second-order valence-electron chi connectivity index (χ2n) is 4.02. The number of nitrogens with one attached hydrogen (secondary N) is 1. The van der Waals surface area contributed by atoms with Gasteiger partial charge in [0.25, 0.3) is 5.91 Å². The molecule has 0 unspecified atom stereocenters. The van der Waals surface area contributed by atoms with E-state index in [0.717, 1.165) is 6.42 Å². The van der Waals surface area contributed by atoms with E-state index >= 15 is 0 Å². The molecule has 5 nitrogen and oxygen atoms in total. The molecule has 1 amide bonds. The van der Waals surface area contributed by atoms with Gasteiger partial charge in [-0.2, -0.15) is 0 Å². The first-order valence-electron chi connectivity index (χ1n) is 6.37. The summed E-state index contributed by atoms with van der Waals surface area (Å²) in [6, 6.07) is 5.13. The van der Waals surface area contributed by atoms with Crippen molar-refractivity contribution < 1.29 is 14.3 Å². The molecule has 0 aliphatic carbocycles. The zero-order valence-corrected chi connectivity index (χ0v) is 11.9. The lowest BCUT2D eigenvalue weighted by atomic mass is 10.1. The van der Waals surface area contributed by atoms with E-state index in [-0.39, 0.29) is 12.5 Å². The zero-order chi connectivity index (χ0) is 14.8. The van der Waals surface area contributed by atoms with Crippen molar-refractivity contribution in [2.24, 2.45) is 5.73 Å². The molecule has 0 saturated carbocycles. The van der Waals surface area contributed by atoms with Crippen LogP contribution in [0.5, 0.6) is 5.75 Å². The van der Waals surface area contributed by atoms with E-state index in [9.17, 15) is 4.79 Å². The molecule has 0 aliphatic rings. The number of methoxy groups -OCH3 is 2. The van der Waals surface area contributed by atoms with Gasteiger partial charge < -0.3 is 20.5 Å². The fraction of sp³-hybridized carbons (Fsp3) is 0.400. The van der Waals surface area contributed by atoms with Crippen LogP contribution in [0.25, 0.3) is 0 Å². The van der Waals surface area contributed by atoms with Crippen LogP contribution in [0, 0.1) is 11.8 Å². The summed E-state index contributed by atoms with van der Waals surface area (Å²) in [5.74, 6) is 6.14. The topological polar surface area (TPSA) is 73.6 Å². The third-order valence-electron chi connectivity index (χ3n) is 2.60. The molecule has 0 fully saturated rings. The lowest BCUT2D eigenvalue weighted by molar-refractivity contribution is 0.0948. The molecule has 3 N–H and O–H groups in total. The Morgan fingerprint density at radius 2 is 2.20 bits per heavy atom. The molecule has 0 atom stereocenters. The highest BCUT2D eigenvalue weighted by Gasteiger charge is 2.08. The summed E-state index contributed by atoms with van der Waals surface area (Å²) in [5, 5.41) is 2.82. The van der Waals surface area contributed by atoms with Crippen molar-refractivity contribution in [3.63, 3.8) is 0 Å². The second kappa shape index (κ2) is 8.97. The molecule has 0 bridgehead atoms. The van der Waals surface area contributed by atoms with Gasteiger partial charge >= 0.3 is 0 Å². The number of nitrogens with two attached hydrogens (primary N) is 1. The Hall–Kier alpha value is -2.03. The third-order valence-corrected chi connectivity index (χ3v) is 2.60. The molecule has 1 aromatic rings. The maximum atomic E-state index is 12.0. The number of hydrogen-bond acceptors (Lipinski definition) is 4. The van der Waals surface area contributed by atoms with Crippen LogP contribution in [-0.2, 0) is 4.74 Å². The first-order chi connectivity index (χ1) is 9.72. The van der Waals surface area contributed by atoms with Crippen LogP contribution in [-0.4, -0.2) is 39.8 Å². The summed E-state index contributed by atoms with van der Waals surface area (Å²) in [6.07, 6.45) is 0.776. The van der Waals surface area contributed by atoms with Crippen molar-refractivity contribution in [2.75, 3.05) is 33.9 Å². The molecule has 0 spiro atoms. The minimum absolute atomic E-state index is 0.139. The number of amides is 1. The van der Waals surface area contributed by atoms with Crippen molar-refractivity contribution in [1.82, 2.24) is 5.32 Å². The van der Waals surface area contributed by atoms with E-state index in [4.69, 9.17) is 15.2 Å². The quantitative estimate of drug-likeness (QED) is 0.594. The molecule has 5 heteroatoms. The van der Waals surface area contributed by atoms with Crippen LogP contribution in [0.1, 0.15) is 22.3 Å². The smallest absolute Gasteiger partial charge is 0.251 e. The van der Waals surface area contributed by atoms with Gasteiger partial charge in [0, 0.05) is 25.8 Å². The zero-order valence-electron chi connectivity index (χ0n) is 11.9. The number of carbonyl (C=O) groups is 1. The Bertz CT molecular complexity index is 504. The van der Waals surface area contributed by atoms with Crippen molar-refractivity contribution in [2.45, 2.75) is 6.42 Å². The predicted octanol–water partition coefficient (Wildman–Crippen LogP) is 0.772. The van der Waals surface area contributed by atoms with Gasteiger partial charge in [-0.05, 0) is 24.6 Å². The Morgan fingerprint density at radius 3 is 2.85 bits per heavy atom. The standard InChI is InChI=1S/C15H20N2O3/c1-19-10-4-9-17-15(18)13-6-7-14(20-2)12(11-13)5-3-8-16/h6-7,11H,4,8-10,16H2,1-2H3,(H,17,18). The summed E-state index contributed by atoms with van der Waals surface area (Å²) in [7, 11) is 3.20. The van der Waals surface area contributed by atoms with Crippen molar-refractivity contribution >= 4 is 5.91 Å². The van der Waals surface area contributed by atoms with Crippen LogP contribution in [0.2, 0.25) is 0 Å². The summed E-state index contributed by atoms with van der Waals surface area (Å²) < 4.78 is 10.1. The van der Waals surface area contributed by atoms with E-state index in [1.165, 1.54) is 0 Å². The molecule has 0 radical (unpaired) electrons. The third kappa shape index (κ3) is 4.92. The first kappa shape index (κ1) is 16.0. The molecule has 1 aromatic carbocycles. The summed E-state index contributed by atoms with van der Waals surface area (Å²) in [6.45, 7) is 1.45. The molecular formula is C15H20N2O3. The highest BCUT2D eigenvalue weighted by Crippen LogP contribution is 2.18. The van der Waals surface area contributed by atoms with Crippen LogP contribution in [0.3, 0.4) is 0 Å². The van der Waals surface area contributed by atoms with E-state index in [0.29, 0.717) is 30.0 Å². The molecule has 20 heavy (non-hydrogen) atoms. The lowest BCUT2D eigenvalue weighted by Gasteiger charge is -2.08. The monoisotopic (exact) mass is 276 g/mol. The number of rotatable bonds is 6. The average Bonchev–Trinajstić information content (AvgIpc) is 2.49. The van der Waals surface area contributed by atoms with Crippen LogP contribution >= 0.6 is 0 Å². The van der Waals surface area contributed by atoms with E-state index in [1.807, 2.05) is 0 Å². The molecule has 1 rings (SSSR count). The van der Waals surface area contributed by atoms with Gasteiger partial charge in [-0.15, -0.1) is 0 Å². The molecule has 0 heterocycles. The Labute approximate surface area is 119 Å². The van der Waals surface area contributed by atoms with Gasteiger partial charge in [-0.3, -0.25) is 4.79 Å².